The third-order valence-electron chi connectivity index (χ3n) is 15.3. The van der Waals surface area contributed by atoms with Crippen molar-refractivity contribution in [3.63, 3.8) is 0 Å². The van der Waals surface area contributed by atoms with Crippen LogP contribution in [0.15, 0.2) is 147 Å². The van der Waals surface area contributed by atoms with Crippen LogP contribution in [0.25, 0.3) is 17.1 Å². The van der Waals surface area contributed by atoms with Gasteiger partial charge in [-0.15, -0.1) is 0 Å². The molecule has 9 aromatic rings. The quantitative estimate of drug-likeness (QED) is 0.0692. The Kier molecular flexibility index (Phi) is 25.2. The zero-order valence-corrected chi connectivity index (χ0v) is 54.8. The second-order valence-electron chi connectivity index (χ2n) is 21.5. The van der Waals surface area contributed by atoms with Crippen LogP contribution in [0.2, 0.25) is 0 Å². The number of oxazole rings is 3. The van der Waals surface area contributed by atoms with Crippen LogP contribution in [-0.2, 0) is 15.0 Å². The van der Waals surface area contributed by atoms with Gasteiger partial charge in [0.1, 0.15) is 34.7 Å². The van der Waals surface area contributed by atoms with Crippen LogP contribution in [0.3, 0.4) is 0 Å². The van der Waals surface area contributed by atoms with Gasteiger partial charge in [0, 0.05) is 37.8 Å². The zero-order valence-electron chi connectivity index (χ0n) is 50.2. The number of likely N-dealkylation sites (tertiary alicyclic amines) is 3. The van der Waals surface area contributed by atoms with E-state index < -0.39 is 11.6 Å². The Hall–Kier alpha value is -7.98. The van der Waals surface area contributed by atoms with Crippen molar-refractivity contribution in [3.05, 3.63) is 193 Å². The molecule has 462 valence electrons. The molecule has 3 fully saturated rings. The number of para-hydroxylation sites is 3. The van der Waals surface area contributed by atoms with Gasteiger partial charge in [-0.2, -0.15) is 45.0 Å². The van der Waals surface area contributed by atoms with E-state index >= 15 is 0 Å². The smallest absolute Gasteiger partial charge is 0.358 e. The van der Waals surface area contributed by atoms with E-state index in [9.17, 15) is 24.3 Å². The monoisotopic (exact) mass is 1350 g/mol. The predicted molar refractivity (Wildman–Crippen MR) is 321 cm³/mol. The standard InChI is InChI=1S/C21H25N5O3.C20H21N5O4.C18H18BrN5O2.CO.CH3.BrH.Mg/c1-14-8-9-15(19-24-18(13-29-19)21(2,3)28)12-25(14)20(27)16-6-4-5-7-17(16)26-22-10-11-23-26;1-13-7-8-14(18-23-16(12-29-18)20(27)28-2)11-24(13)19(26)15-5-3-4-6-17(15)25-21-9-10-22-25;1-12-6-7-13(17-22-16(19)11-26-17)10-23(12)18(25)14-4-2-3-5-15(14)24-20-8-9-21-24;1-2;;;/h4-7,10-11,13-15,28H,8-9,12H2,1-3H3;3-6,9-10,12-14H,7-8,11H2,1-2H3;2-5,8-9,11-13H,6-7,10H2,1H3;;1H3;1H;/q;;;;-1;;+2/p-1/t14-,15-;13-,14-;12-,13-;;;;/m111..../s1. The van der Waals surface area contributed by atoms with Crippen molar-refractivity contribution in [2.75, 3.05) is 26.7 Å². The second-order valence-corrected chi connectivity index (χ2v) is 22.3. The summed E-state index contributed by atoms with van der Waals surface area (Å²) >= 11 is 3.32. The summed E-state index contributed by atoms with van der Waals surface area (Å²) in [6.07, 6.45) is 19.1. The number of methoxy groups -OCH3 is 1. The fraction of sp³-hybridized carbons (Fsp3) is 0.361. The molecule has 6 atom stereocenters. The van der Waals surface area contributed by atoms with E-state index in [1.165, 1.54) is 34.0 Å². The minimum atomic E-state index is -1.06. The molecule has 3 aromatic carbocycles. The molecule has 12 rings (SSSR count). The Morgan fingerprint density at radius 3 is 1.20 bits per heavy atom. The first-order chi connectivity index (χ1) is 41.6. The van der Waals surface area contributed by atoms with Crippen molar-refractivity contribution < 1.29 is 63.9 Å². The van der Waals surface area contributed by atoms with Crippen LogP contribution in [-0.4, -0.2) is 171 Å². The minimum absolute atomic E-state index is 0. The van der Waals surface area contributed by atoms with Crippen LogP contribution in [0, 0.1) is 14.1 Å². The summed E-state index contributed by atoms with van der Waals surface area (Å²) in [6.45, 7) is 15.5. The molecule has 6 aromatic heterocycles. The topological polar surface area (TPSA) is 298 Å². The summed E-state index contributed by atoms with van der Waals surface area (Å²) in [6, 6.07) is 22.3. The number of piperidine rings is 3. The Morgan fingerprint density at radius 2 is 0.876 bits per heavy atom. The number of esters is 1. The number of carbonyl (C=O) groups excluding carboxylic acids is 4. The number of rotatable bonds is 11. The molecule has 0 radical (unpaired) electrons. The van der Waals surface area contributed by atoms with Crippen molar-refractivity contribution in [3.8, 4) is 17.1 Å². The number of hydrogen-bond donors (Lipinski definition) is 1. The van der Waals surface area contributed by atoms with Crippen molar-refractivity contribution in [2.45, 2.75) is 115 Å². The van der Waals surface area contributed by atoms with Gasteiger partial charge in [-0.1, -0.05) is 36.4 Å². The maximum Gasteiger partial charge on any atom is 2.00 e. The molecule has 0 aliphatic carbocycles. The van der Waals surface area contributed by atoms with Gasteiger partial charge in [-0.25, -0.2) is 19.7 Å². The average Bonchev–Trinajstić information content (AvgIpc) is 3.04. The molecule has 89 heavy (non-hydrogen) atoms. The Labute approximate surface area is 549 Å². The molecule has 1 N–H and O–H groups in total. The first kappa shape index (κ1) is 70.1. The largest absolute Gasteiger partial charge is 2.00 e. The minimum Gasteiger partial charge on any atom is -0.358 e. The number of ether oxygens (including phenoxy) is 1. The first-order valence-corrected chi connectivity index (χ1v) is 28.7. The molecule has 9 heterocycles. The van der Waals surface area contributed by atoms with E-state index in [0.717, 1.165) is 38.5 Å². The molecule has 3 aliphatic rings. The van der Waals surface area contributed by atoms with Gasteiger partial charge in [0.25, 0.3) is 17.7 Å². The molecular weight excluding hydrogens is 1290 g/mol. The third-order valence-corrected chi connectivity index (χ3v) is 15.7. The van der Waals surface area contributed by atoms with Gasteiger partial charge in [-0.3, -0.25) is 14.4 Å². The van der Waals surface area contributed by atoms with Gasteiger partial charge in [0.15, 0.2) is 23.4 Å². The third kappa shape index (κ3) is 16.5. The van der Waals surface area contributed by atoms with E-state index in [-0.39, 0.29) is 107 Å². The van der Waals surface area contributed by atoms with E-state index in [1.54, 1.807) is 69.4 Å². The normalized spacial score (nSPS) is 18.7. The summed E-state index contributed by atoms with van der Waals surface area (Å²) in [4.78, 5) is 74.8. The van der Waals surface area contributed by atoms with Crippen LogP contribution in [0.1, 0.15) is 156 Å². The molecule has 25 nitrogen and oxygen atoms in total. The van der Waals surface area contributed by atoms with E-state index in [0.29, 0.717) is 81.4 Å². The molecule has 0 unspecified atom stereocenters. The Morgan fingerprint density at radius 1 is 0.551 bits per heavy atom. The Balaban J connectivity index is 0.000000207. The number of carbonyl (C=O) groups is 4. The fourth-order valence-electron chi connectivity index (χ4n) is 10.6. The summed E-state index contributed by atoms with van der Waals surface area (Å²) in [5.74, 6) is 0.925. The van der Waals surface area contributed by atoms with Crippen LogP contribution < -0.4 is 17.0 Å². The number of aromatic nitrogens is 12. The van der Waals surface area contributed by atoms with E-state index in [2.05, 4.69) is 86.7 Å². The summed E-state index contributed by atoms with van der Waals surface area (Å²) < 4.78 is 29.5. The fourth-order valence-corrected chi connectivity index (χ4v) is 10.9. The summed E-state index contributed by atoms with van der Waals surface area (Å²) in [5.41, 5.74) is 3.20. The number of benzene rings is 3. The number of hydrogen-bond acceptors (Lipinski definition) is 18. The zero-order chi connectivity index (χ0) is 61.1. The SMILES string of the molecule is COC(=O)c1coc([C@@H]2CC[C@@H](C)N(C(=O)c3ccccc3-n3nccn3)C2)n1.C[C@@H]1CC[C@@H](c2nc(Br)co2)CN1C(=O)c1ccccc1-n1nccn1.C[C@@H]1CC[C@@H](c2nc(C(C)(C)O)co2)CN1C(=O)c1ccccc1-n1nccn1.[Br-].[C-]#[O+].[CH3-].[Mg+2]. The molecule has 28 heteroatoms. The summed E-state index contributed by atoms with van der Waals surface area (Å²) in [5, 5.41) is 35.1. The molecule has 0 spiro atoms. The Bertz CT molecular complexity index is 3740. The van der Waals surface area contributed by atoms with Crippen LogP contribution in [0.5, 0.6) is 0 Å². The van der Waals surface area contributed by atoms with Crippen molar-refractivity contribution in [1.82, 2.24) is 74.6 Å². The number of aliphatic hydroxyl groups is 1. The van der Waals surface area contributed by atoms with Gasteiger partial charge in [0.2, 0.25) is 0 Å². The van der Waals surface area contributed by atoms with Crippen LogP contribution in [0.4, 0.5) is 0 Å². The molecule has 0 saturated carbocycles. The molecule has 0 bridgehead atoms. The molecule has 3 saturated heterocycles. The number of nitrogens with zero attached hydrogens (tertiary/aromatic N) is 15. The van der Waals surface area contributed by atoms with Gasteiger partial charge in [0.05, 0.1) is 95.8 Å². The van der Waals surface area contributed by atoms with Crippen molar-refractivity contribution in [2.24, 2.45) is 0 Å². The number of amides is 3. The van der Waals surface area contributed by atoms with Gasteiger partial charge < -0.3 is 62.2 Å². The van der Waals surface area contributed by atoms with E-state index in [1.807, 2.05) is 82.3 Å². The number of halogens is 2. The molecule has 3 aliphatic heterocycles. The molecule has 3 amide bonds. The van der Waals surface area contributed by atoms with E-state index in [4.69, 9.17) is 17.9 Å². The maximum absolute atomic E-state index is 13.4. The van der Waals surface area contributed by atoms with Crippen molar-refractivity contribution in [1.29, 1.82) is 0 Å². The van der Waals surface area contributed by atoms with Crippen LogP contribution >= 0.6 is 15.9 Å². The second kappa shape index (κ2) is 32.0. The summed E-state index contributed by atoms with van der Waals surface area (Å²) in [7, 11) is 1.30. The predicted octanol–water partition coefficient (Wildman–Crippen LogP) is 5.80. The average molecular weight is 1350 g/mol. The van der Waals surface area contributed by atoms with Crippen molar-refractivity contribution >= 4 is 62.7 Å². The maximum atomic E-state index is 13.4. The molecular formula is C61H67Br2MgN15O10. The van der Waals surface area contributed by atoms with Gasteiger partial charge in [-0.05, 0) is 125 Å². The first-order valence-electron chi connectivity index (χ1n) is 27.9. The van der Waals surface area contributed by atoms with Gasteiger partial charge >= 0.3 is 40.3 Å².